The number of hydrogen-bond acceptors (Lipinski definition) is 5. The zero-order valence-electron chi connectivity index (χ0n) is 15.8. The number of nitrogens with zero attached hydrogens (tertiary/aromatic N) is 1. The molecule has 0 spiro atoms. The first-order chi connectivity index (χ1) is 14.2. The molecule has 0 unspecified atom stereocenters. The van der Waals surface area contributed by atoms with Crippen molar-refractivity contribution >= 4 is 28.4 Å². The van der Waals surface area contributed by atoms with Crippen LogP contribution in [0.3, 0.4) is 0 Å². The third-order valence-electron chi connectivity index (χ3n) is 5.39. The summed E-state index contributed by atoms with van der Waals surface area (Å²) in [7, 11) is 0. The van der Waals surface area contributed by atoms with E-state index in [9.17, 15) is 9.59 Å². The first-order valence-corrected chi connectivity index (χ1v) is 9.75. The van der Waals surface area contributed by atoms with Gasteiger partial charge in [0.15, 0.2) is 11.5 Å². The summed E-state index contributed by atoms with van der Waals surface area (Å²) in [5.74, 6) is 0.750. The fraction of sp³-hybridized carbons (Fsp3) is 0.273. The van der Waals surface area contributed by atoms with Crippen molar-refractivity contribution in [3.8, 4) is 11.5 Å². The van der Waals surface area contributed by atoms with Gasteiger partial charge in [-0.2, -0.15) is 0 Å². The maximum atomic E-state index is 12.9. The number of rotatable bonds is 5. The molecule has 1 aromatic heterocycles. The minimum atomic E-state index is -0.513. The summed E-state index contributed by atoms with van der Waals surface area (Å²) in [6.07, 6.45) is 2.92. The summed E-state index contributed by atoms with van der Waals surface area (Å²) in [6, 6.07) is 12.8. The van der Waals surface area contributed by atoms with Gasteiger partial charge in [0.25, 0.3) is 5.91 Å². The van der Waals surface area contributed by atoms with Gasteiger partial charge in [0.2, 0.25) is 5.91 Å². The monoisotopic (exact) mass is 391 g/mol. The molecule has 1 saturated heterocycles. The number of para-hydroxylation sites is 1. The van der Waals surface area contributed by atoms with Crippen LogP contribution in [0.25, 0.3) is 10.9 Å². The highest BCUT2D eigenvalue weighted by Crippen LogP contribution is 2.35. The van der Waals surface area contributed by atoms with Crippen LogP contribution >= 0.6 is 0 Å². The maximum absolute atomic E-state index is 12.9. The number of fused-ring (bicyclic) bond motifs is 2. The average molecular weight is 391 g/mol. The number of carbonyl (C=O) groups excluding carboxylic acids is 2. The van der Waals surface area contributed by atoms with Gasteiger partial charge in [-0.1, -0.05) is 18.2 Å². The molecular formula is C22H21N3O4. The SMILES string of the molecule is O=C1C[C@H](NCCc2c[nH]c3ccccc23)C(=O)N1c1ccc2c(c1)OCCO2. The van der Waals surface area contributed by atoms with Crippen LogP contribution in [0, 0.1) is 0 Å². The minimum absolute atomic E-state index is 0.154. The van der Waals surface area contributed by atoms with Crippen LogP contribution in [0.5, 0.6) is 11.5 Å². The fourth-order valence-corrected chi connectivity index (χ4v) is 3.95. The zero-order valence-corrected chi connectivity index (χ0v) is 15.8. The molecule has 2 aliphatic rings. The minimum Gasteiger partial charge on any atom is -0.486 e. The Morgan fingerprint density at radius 2 is 1.90 bits per heavy atom. The number of nitrogens with one attached hydrogen (secondary N) is 2. The maximum Gasteiger partial charge on any atom is 0.251 e. The number of H-pyrrole nitrogens is 1. The molecule has 2 N–H and O–H groups in total. The summed E-state index contributed by atoms with van der Waals surface area (Å²) in [6.45, 7) is 1.56. The van der Waals surface area contributed by atoms with Gasteiger partial charge in [-0.25, -0.2) is 4.90 Å². The van der Waals surface area contributed by atoms with Crippen LogP contribution in [0.1, 0.15) is 12.0 Å². The Labute approximate surface area is 167 Å². The second-order valence-electron chi connectivity index (χ2n) is 7.22. The highest BCUT2D eigenvalue weighted by Gasteiger charge is 2.39. The van der Waals surface area contributed by atoms with E-state index in [2.05, 4.69) is 16.4 Å². The molecule has 2 aliphatic heterocycles. The van der Waals surface area contributed by atoms with E-state index in [1.54, 1.807) is 18.2 Å². The third-order valence-corrected chi connectivity index (χ3v) is 5.39. The Kier molecular flexibility index (Phi) is 4.44. The van der Waals surface area contributed by atoms with Crippen LogP contribution in [0.15, 0.2) is 48.7 Å². The van der Waals surface area contributed by atoms with Crippen molar-refractivity contribution in [3.63, 3.8) is 0 Å². The number of carbonyl (C=O) groups is 2. The number of aromatic amines is 1. The lowest BCUT2D eigenvalue weighted by molar-refractivity contribution is -0.121. The predicted octanol–water partition coefficient (Wildman–Crippen LogP) is 2.40. The lowest BCUT2D eigenvalue weighted by Crippen LogP contribution is -2.39. The third kappa shape index (κ3) is 3.23. The van der Waals surface area contributed by atoms with E-state index in [0.717, 1.165) is 11.9 Å². The van der Waals surface area contributed by atoms with Gasteiger partial charge in [-0.05, 0) is 30.2 Å². The largest absolute Gasteiger partial charge is 0.486 e. The van der Waals surface area contributed by atoms with E-state index in [4.69, 9.17) is 9.47 Å². The molecule has 7 nitrogen and oxygen atoms in total. The molecule has 0 aliphatic carbocycles. The van der Waals surface area contributed by atoms with Crippen LogP contribution in [0.2, 0.25) is 0 Å². The van der Waals surface area contributed by atoms with Gasteiger partial charge in [0.05, 0.1) is 18.2 Å². The summed E-state index contributed by atoms with van der Waals surface area (Å²) in [5, 5.41) is 4.43. The smallest absolute Gasteiger partial charge is 0.251 e. The molecule has 2 amide bonds. The first-order valence-electron chi connectivity index (χ1n) is 9.75. The Morgan fingerprint density at radius 1 is 1.07 bits per heavy atom. The van der Waals surface area contributed by atoms with Gasteiger partial charge < -0.3 is 19.8 Å². The van der Waals surface area contributed by atoms with Crippen molar-refractivity contribution in [1.82, 2.24) is 10.3 Å². The predicted molar refractivity (Wildman–Crippen MR) is 108 cm³/mol. The van der Waals surface area contributed by atoms with E-state index < -0.39 is 6.04 Å². The normalized spacial score (nSPS) is 18.6. The number of ether oxygens (including phenoxy) is 2. The van der Waals surface area contributed by atoms with Crippen molar-refractivity contribution < 1.29 is 19.1 Å². The molecule has 3 heterocycles. The fourth-order valence-electron chi connectivity index (χ4n) is 3.95. The van der Waals surface area contributed by atoms with Crippen LogP contribution in [-0.2, 0) is 16.0 Å². The molecule has 0 bridgehead atoms. The van der Waals surface area contributed by atoms with Gasteiger partial charge in [-0.3, -0.25) is 9.59 Å². The van der Waals surface area contributed by atoms with Crippen LogP contribution in [-0.4, -0.2) is 42.6 Å². The second-order valence-corrected chi connectivity index (χ2v) is 7.22. The Morgan fingerprint density at radius 3 is 2.79 bits per heavy atom. The molecular weight excluding hydrogens is 370 g/mol. The van der Waals surface area contributed by atoms with Gasteiger partial charge in [-0.15, -0.1) is 0 Å². The Bertz CT molecular complexity index is 1090. The Balaban J connectivity index is 1.26. The highest BCUT2D eigenvalue weighted by atomic mass is 16.6. The quantitative estimate of drug-likeness (QED) is 0.653. The van der Waals surface area contributed by atoms with Crippen molar-refractivity contribution in [2.75, 3.05) is 24.7 Å². The lowest BCUT2D eigenvalue weighted by atomic mass is 10.1. The van der Waals surface area contributed by atoms with Crippen molar-refractivity contribution in [3.05, 3.63) is 54.2 Å². The number of imide groups is 1. The molecule has 1 fully saturated rings. The van der Waals surface area contributed by atoms with E-state index in [1.807, 2.05) is 24.4 Å². The lowest BCUT2D eigenvalue weighted by Gasteiger charge is -2.21. The molecule has 29 heavy (non-hydrogen) atoms. The van der Waals surface area contributed by atoms with Crippen LogP contribution in [0.4, 0.5) is 5.69 Å². The molecule has 5 rings (SSSR count). The van der Waals surface area contributed by atoms with E-state index in [1.165, 1.54) is 15.8 Å². The molecule has 1 atom stereocenters. The topological polar surface area (TPSA) is 83.7 Å². The van der Waals surface area contributed by atoms with Crippen molar-refractivity contribution in [1.29, 1.82) is 0 Å². The second kappa shape index (κ2) is 7.25. The molecule has 2 aromatic carbocycles. The van der Waals surface area contributed by atoms with E-state index in [-0.39, 0.29) is 18.2 Å². The molecule has 7 heteroatoms. The van der Waals surface area contributed by atoms with Crippen molar-refractivity contribution in [2.24, 2.45) is 0 Å². The number of aromatic nitrogens is 1. The molecule has 3 aromatic rings. The van der Waals surface area contributed by atoms with Crippen LogP contribution < -0.4 is 19.7 Å². The Hall–Kier alpha value is -3.32. The molecule has 0 saturated carbocycles. The number of anilines is 1. The zero-order chi connectivity index (χ0) is 19.8. The molecule has 148 valence electrons. The summed E-state index contributed by atoms with van der Waals surface area (Å²) in [5.41, 5.74) is 2.80. The van der Waals surface area contributed by atoms with Gasteiger partial charge in [0, 0.05) is 29.7 Å². The standard InChI is InChI=1S/C22H21N3O4/c26-21-12-18(23-8-7-14-13-24-17-4-2-1-3-16(14)17)22(27)25(21)15-5-6-19-20(11-15)29-10-9-28-19/h1-6,11,13,18,23-24H,7-10,12H2/t18-/m0/s1. The molecule has 0 radical (unpaired) electrons. The van der Waals surface area contributed by atoms with Gasteiger partial charge >= 0.3 is 0 Å². The van der Waals surface area contributed by atoms with E-state index >= 15 is 0 Å². The number of amides is 2. The first kappa shape index (κ1) is 17.8. The average Bonchev–Trinajstić information content (AvgIpc) is 3.28. The number of benzene rings is 2. The summed E-state index contributed by atoms with van der Waals surface area (Å²) in [4.78, 5) is 29.9. The number of hydrogen-bond donors (Lipinski definition) is 2. The van der Waals surface area contributed by atoms with Gasteiger partial charge in [0.1, 0.15) is 13.2 Å². The summed E-state index contributed by atoms with van der Waals surface area (Å²) < 4.78 is 11.1. The van der Waals surface area contributed by atoms with E-state index in [0.29, 0.717) is 36.9 Å². The summed E-state index contributed by atoms with van der Waals surface area (Å²) >= 11 is 0. The van der Waals surface area contributed by atoms with Crippen molar-refractivity contribution in [2.45, 2.75) is 18.9 Å². The highest BCUT2D eigenvalue weighted by molar-refractivity contribution is 6.22.